The Morgan fingerprint density at radius 1 is 1.18 bits per heavy atom. The zero-order chi connectivity index (χ0) is 12.5. The van der Waals surface area contributed by atoms with Gasteiger partial charge in [-0.3, -0.25) is 4.98 Å². The highest BCUT2D eigenvalue weighted by atomic mass is 79.9. The Bertz CT molecular complexity index is 490. The van der Waals surface area contributed by atoms with Crippen LogP contribution in [0.2, 0.25) is 0 Å². The van der Waals surface area contributed by atoms with Gasteiger partial charge in [0.05, 0.1) is 0 Å². The minimum absolute atomic E-state index is 0.801. The number of aromatic nitrogens is 1. The maximum atomic E-state index is 10.6. The number of halogens is 1. The van der Waals surface area contributed by atoms with Crippen molar-refractivity contribution in [1.29, 1.82) is 0 Å². The smallest absolute Gasteiger partial charge is 0.113 e. The fraction of sp³-hybridized carbons (Fsp3) is 0.214. The highest BCUT2D eigenvalue weighted by Crippen LogP contribution is 2.30. The van der Waals surface area contributed by atoms with E-state index in [1.54, 1.807) is 19.3 Å². The summed E-state index contributed by atoms with van der Waals surface area (Å²) in [5.74, 6) is 0. The molecule has 17 heavy (non-hydrogen) atoms. The third-order valence-corrected chi connectivity index (χ3v) is 3.32. The Morgan fingerprint density at radius 2 is 1.94 bits per heavy atom. The van der Waals surface area contributed by atoms with Gasteiger partial charge in [-0.15, -0.1) is 0 Å². The lowest BCUT2D eigenvalue weighted by atomic mass is 9.89. The number of benzene rings is 1. The standard InChI is InChI=1S/C14H14BrNO/c1-10-6-12(9-16-8-10)14(2,17)11-4-3-5-13(15)7-11/h3-9,17H,1-2H3. The van der Waals surface area contributed by atoms with E-state index in [1.165, 1.54) is 0 Å². The van der Waals surface area contributed by atoms with Crippen molar-refractivity contribution in [2.45, 2.75) is 19.4 Å². The molecule has 0 fully saturated rings. The Hall–Kier alpha value is -1.19. The first kappa shape index (κ1) is 12.3. The fourth-order valence-electron chi connectivity index (χ4n) is 1.78. The van der Waals surface area contributed by atoms with Gasteiger partial charge >= 0.3 is 0 Å². The molecule has 0 saturated heterocycles. The number of pyridine rings is 1. The van der Waals surface area contributed by atoms with Gasteiger partial charge in [0.1, 0.15) is 5.60 Å². The molecule has 2 nitrogen and oxygen atoms in total. The van der Waals surface area contributed by atoms with Gasteiger partial charge < -0.3 is 5.11 Å². The number of aliphatic hydroxyl groups is 1. The summed E-state index contributed by atoms with van der Waals surface area (Å²) in [4.78, 5) is 4.13. The first-order chi connectivity index (χ1) is 8.00. The van der Waals surface area contributed by atoms with Crippen LogP contribution in [0, 0.1) is 6.92 Å². The summed E-state index contributed by atoms with van der Waals surface area (Å²) in [5.41, 5.74) is 1.66. The first-order valence-corrected chi connectivity index (χ1v) is 6.20. The van der Waals surface area contributed by atoms with Gasteiger partial charge in [0, 0.05) is 22.4 Å². The zero-order valence-corrected chi connectivity index (χ0v) is 11.4. The van der Waals surface area contributed by atoms with Crippen LogP contribution in [-0.4, -0.2) is 10.1 Å². The van der Waals surface area contributed by atoms with Crippen LogP contribution in [0.25, 0.3) is 0 Å². The molecule has 1 N–H and O–H groups in total. The Labute approximate surface area is 109 Å². The fourth-order valence-corrected chi connectivity index (χ4v) is 2.18. The predicted octanol–water partition coefficient (Wildman–Crippen LogP) is 3.41. The summed E-state index contributed by atoms with van der Waals surface area (Å²) in [5, 5.41) is 10.6. The largest absolute Gasteiger partial charge is 0.381 e. The molecule has 2 aromatic rings. The van der Waals surface area contributed by atoms with Gasteiger partial charge in [-0.05, 0) is 43.2 Å². The molecular weight excluding hydrogens is 278 g/mol. The molecule has 1 aromatic carbocycles. The molecule has 1 heterocycles. The molecule has 0 spiro atoms. The SMILES string of the molecule is Cc1cncc(C(C)(O)c2cccc(Br)c2)c1. The number of nitrogens with zero attached hydrogens (tertiary/aromatic N) is 1. The number of aryl methyl sites for hydroxylation is 1. The van der Waals surface area contributed by atoms with Gasteiger partial charge in [0.2, 0.25) is 0 Å². The topological polar surface area (TPSA) is 33.1 Å². The van der Waals surface area contributed by atoms with Crippen LogP contribution in [0.3, 0.4) is 0 Å². The van der Waals surface area contributed by atoms with Crippen LogP contribution < -0.4 is 0 Å². The van der Waals surface area contributed by atoms with E-state index in [0.29, 0.717) is 0 Å². The highest BCUT2D eigenvalue weighted by molar-refractivity contribution is 9.10. The maximum absolute atomic E-state index is 10.6. The number of hydrogen-bond donors (Lipinski definition) is 1. The molecule has 0 aliphatic carbocycles. The lowest BCUT2D eigenvalue weighted by molar-refractivity contribution is 0.102. The summed E-state index contributed by atoms with van der Waals surface area (Å²) in [6, 6.07) is 9.63. The van der Waals surface area contributed by atoms with Gasteiger partial charge in [0.15, 0.2) is 0 Å². The van der Waals surface area contributed by atoms with Crippen LogP contribution in [-0.2, 0) is 5.60 Å². The summed E-state index contributed by atoms with van der Waals surface area (Å²) < 4.78 is 0.955. The van der Waals surface area contributed by atoms with Crippen molar-refractivity contribution in [3.8, 4) is 0 Å². The summed E-state index contributed by atoms with van der Waals surface area (Å²) in [6.07, 6.45) is 3.48. The van der Waals surface area contributed by atoms with E-state index < -0.39 is 5.60 Å². The zero-order valence-electron chi connectivity index (χ0n) is 9.81. The molecule has 3 heteroatoms. The molecule has 1 unspecified atom stereocenters. The van der Waals surface area contributed by atoms with E-state index in [1.807, 2.05) is 37.3 Å². The quantitative estimate of drug-likeness (QED) is 0.920. The van der Waals surface area contributed by atoms with E-state index in [9.17, 15) is 5.11 Å². The molecule has 0 radical (unpaired) electrons. The van der Waals surface area contributed by atoms with Crippen LogP contribution >= 0.6 is 15.9 Å². The molecule has 1 atom stereocenters. The molecule has 88 valence electrons. The van der Waals surface area contributed by atoms with Crippen molar-refractivity contribution in [2.24, 2.45) is 0 Å². The molecule has 0 aliphatic heterocycles. The van der Waals surface area contributed by atoms with Crippen molar-refractivity contribution in [3.05, 3.63) is 63.9 Å². The van der Waals surface area contributed by atoms with E-state index in [-0.39, 0.29) is 0 Å². The van der Waals surface area contributed by atoms with Crippen LogP contribution in [0.15, 0.2) is 47.2 Å². The van der Waals surface area contributed by atoms with Crippen molar-refractivity contribution in [3.63, 3.8) is 0 Å². The van der Waals surface area contributed by atoms with Crippen molar-refractivity contribution < 1.29 is 5.11 Å². The predicted molar refractivity (Wildman–Crippen MR) is 71.8 cm³/mol. The van der Waals surface area contributed by atoms with Gasteiger partial charge in [0.25, 0.3) is 0 Å². The Kier molecular flexibility index (Phi) is 3.31. The second-order valence-corrected chi connectivity index (χ2v) is 5.25. The molecule has 2 rings (SSSR count). The molecule has 0 saturated carbocycles. The number of rotatable bonds is 2. The number of hydrogen-bond acceptors (Lipinski definition) is 2. The second-order valence-electron chi connectivity index (χ2n) is 4.33. The average Bonchev–Trinajstić information content (AvgIpc) is 2.29. The minimum atomic E-state index is -1.02. The summed E-state index contributed by atoms with van der Waals surface area (Å²) in [7, 11) is 0. The average molecular weight is 292 g/mol. The molecular formula is C14H14BrNO. The lowest BCUT2D eigenvalue weighted by Gasteiger charge is -2.24. The van der Waals surface area contributed by atoms with Gasteiger partial charge in [-0.1, -0.05) is 28.1 Å². The normalized spacial score (nSPS) is 14.4. The van der Waals surface area contributed by atoms with E-state index >= 15 is 0 Å². The van der Waals surface area contributed by atoms with Crippen molar-refractivity contribution >= 4 is 15.9 Å². The Balaban J connectivity index is 2.49. The summed E-state index contributed by atoms with van der Waals surface area (Å²) in [6.45, 7) is 3.75. The highest BCUT2D eigenvalue weighted by Gasteiger charge is 2.26. The third kappa shape index (κ3) is 2.56. The summed E-state index contributed by atoms with van der Waals surface area (Å²) >= 11 is 3.41. The Morgan fingerprint density at radius 3 is 2.59 bits per heavy atom. The monoisotopic (exact) mass is 291 g/mol. The van der Waals surface area contributed by atoms with Crippen molar-refractivity contribution in [2.75, 3.05) is 0 Å². The van der Waals surface area contributed by atoms with E-state index in [0.717, 1.165) is 21.2 Å². The molecule has 0 bridgehead atoms. The van der Waals surface area contributed by atoms with E-state index in [4.69, 9.17) is 0 Å². The van der Waals surface area contributed by atoms with Gasteiger partial charge in [-0.2, -0.15) is 0 Å². The maximum Gasteiger partial charge on any atom is 0.113 e. The van der Waals surface area contributed by atoms with Crippen LogP contribution in [0.4, 0.5) is 0 Å². The van der Waals surface area contributed by atoms with Gasteiger partial charge in [-0.25, -0.2) is 0 Å². The minimum Gasteiger partial charge on any atom is -0.381 e. The lowest BCUT2D eigenvalue weighted by Crippen LogP contribution is -2.23. The second kappa shape index (κ2) is 4.59. The third-order valence-electron chi connectivity index (χ3n) is 2.82. The van der Waals surface area contributed by atoms with E-state index in [2.05, 4.69) is 20.9 Å². The molecule has 1 aromatic heterocycles. The van der Waals surface area contributed by atoms with Crippen LogP contribution in [0.1, 0.15) is 23.6 Å². The molecule has 0 amide bonds. The van der Waals surface area contributed by atoms with Crippen LogP contribution in [0.5, 0.6) is 0 Å². The first-order valence-electron chi connectivity index (χ1n) is 5.41. The molecule has 0 aliphatic rings. The van der Waals surface area contributed by atoms with Crippen molar-refractivity contribution in [1.82, 2.24) is 4.98 Å².